The zero-order valence-corrected chi connectivity index (χ0v) is 11.5. The molecule has 7 heteroatoms. The normalized spacial score (nSPS) is 15.4. The van der Waals surface area contributed by atoms with E-state index in [1.54, 1.807) is 10.9 Å². The number of nitrogens with zero attached hydrogens (tertiary/aromatic N) is 3. The molecule has 0 aliphatic heterocycles. The van der Waals surface area contributed by atoms with E-state index in [4.69, 9.17) is 0 Å². The largest absolute Gasteiger partial charge is 0.417 e. The van der Waals surface area contributed by atoms with Gasteiger partial charge in [0, 0.05) is 24.2 Å². The Morgan fingerprint density at radius 2 is 2.05 bits per heavy atom. The van der Waals surface area contributed by atoms with Gasteiger partial charge in [-0.05, 0) is 32.0 Å². The number of rotatable bonds is 4. The molecule has 1 saturated carbocycles. The molecule has 0 amide bonds. The van der Waals surface area contributed by atoms with E-state index in [-0.39, 0.29) is 0 Å². The average molecular weight is 296 g/mol. The summed E-state index contributed by atoms with van der Waals surface area (Å²) in [6.07, 6.45) is 0.410. The molecule has 3 rings (SSSR count). The van der Waals surface area contributed by atoms with Gasteiger partial charge in [-0.15, -0.1) is 0 Å². The Morgan fingerprint density at radius 3 is 2.57 bits per heavy atom. The van der Waals surface area contributed by atoms with Gasteiger partial charge < -0.3 is 5.32 Å². The van der Waals surface area contributed by atoms with Crippen LogP contribution in [0.15, 0.2) is 24.5 Å². The average Bonchev–Trinajstić information content (AvgIpc) is 3.20. The Kier molecular flexibility index (Phi) is 3.44. The molecule has 2 aromatic heterocycles. The molecule has 1 fully saturated rings. The minimum atomic E-state index is -4.37. The van der Waals surface area contributed by atoms with Crippen LogP contribution in [0.2, 0.25) is 0 Å². The summed E-state index contributed by atoms with van der Waals surface area (Å²) in [5.74, 6) is 0.854. The van der Waals surface area contributed by atoms with Crippen LogP contribution in [0.25, 0.3) is 5.82 Å². The first kappa shape index (κ1) is 14.1. The first-order valence-electron chi connectivity index (χ1n) is 6.75. The third-order valence-corrected chi connectivity index (χ3v) is 3.51. The molecule has 1 N–H and O–H groups in total. The third kappa shape index (κ3) is 2.78. The Balaban J connectivity index is 1.97. The van der Waals surface area contributed by atoms with Gasteiger partial charge in [0.25, 0.3) is 0 Å². The summed E-state index contributed by atoms with van der Waals surface area (Å²) in [5, 5.41) is 7.37. The smallest absolute Gasteiger partial charge is 0.316 e. The molecule has 21 heavy (non-hydrogen) atoms. The first-order chi connectivity index (χ1) is 10.0. The Morgan fingerprint density at radius 1 is 1.29 bits per heavy atom. The fraction of sp³-hybridized carbons (Fsp3) is 0.429. The van der Waals surface area contributed by atoms with E-state index < -0.39 is 11.7 Å². The number of nitrogens with one attached hydrogen (secondary N) is 1. The second-order valence-corrected chi connectivity index (χ2v) is 5.17. The SMILES string of the molecule is CNCc1cnn(-c2ccc(C(F)(F)F)cn2)c1C1CC1. The number of alkyl halides is 3. The van der Waals surface area contributed by atoms with Crippen molar-refractivity contribution in [3.05, 3.63) is 41.3 Å². The van der Waals surface area contributed by atoms with Crippen molar-refractivity contribution in [1.82, 2.24) is 20.1 Å². The lowest BCUT2D eigenvalue weighted by molar-refractivity contribution is -0.137. The van der Waals surface area contributed by atoms with Crippen LogP contribution in [0.5, 0.6) is 0 Å². The topological polar surface area (TPSA) is 42.7 Å². The van der Waals surface area contributed by atoms with Crippen molar-refractivity contribution in [1.29, 1.82) is 0 Å². The highest BCUT2D eigenvalue weighted by Crippen LogP contribution is 2.42. The number of aromatic nitrogens is 3. The molecule has 0 atom stereocenters. The molecule has 0 bridgehead atoms. The zero-order valence-electron chi connectivity index (χ0n) is 11.5. The van der Waals surface area contributed by atoms with E-state index in [1.807, 2.05) is 7.05 Å². The fourth-order valence-electron chi connectivity index (χ4n) is 2.37. The molecule has 0 radical (unpaired) electrons. The molecule has 2 aromatic rings. The highest BCUT2D eigenvalue weighted by Gasteiger charge is 2.32. The number of halogens is 3. The van der Waals surface area contributed by atoms with Crippen LogP contribution in [-0.4, -0.2) is 21.8 Å². The van der Waals surface area contributed by atoms with Gasteiger partial charge >= 0.3 is 6.18 Å². The Labute approximate surface area is 120 Å². The van der Waals surface area contributed by atoms with E-state index in [0.717, 1.165) is 36.4 Å². The van der Waals surface area contributed by atoms with Gasteiger partial charge in [0.05, 0.1) is 17.5 Å². The van der Waals surface area contributed by atoms with E-state index >= 15 is 0 Å². The summed E-state index contributed by atoms with van der Waals surface area (Å²) in [7, 11) is 1.85. The van der Waals surface area contributed by atoms with Gasteiger partial charge in [-0.3, -0.25) is 0 Å². The van der Waals surface area contributed by atoms with Crippen molar-refractivity contribution in [2.45, 2.75) is 31.5 Å². The predicted molar refractivity (Wildman–Crippen MR) is 71.1 cm³/mol. The van der Waals surface area contributed by atoms with E-state index in [2.05, 4.69) is 15.4 Å². The molecule has 4 nitrogen and oxygen atoms in total. The van der Waals surface area contributed by atoms with Crippen molar-refractivity contribution < 1.29 is 13.2 Å². The number of hydrogen-bond acceptors (Lipinski definition) is 3. The maximum absolute atomic E-state index is 12.6. The maximum Gasteiger partial charge on any atom is 0.417 e. The van der Waals surface area contributed by atoms with Crippen molar-refractivity contribution in [3.8, 4) is 5.82 Å². The van der Waals surface area contributed by atoms with Crippen LogP contribution < -0.4 is 5.32 Å². The van der Waals surface area contributed by atoms with Crippen LogP contribution in [0, 0.1) is 0 Å². The minimum absolute atomic E-state index is 0.423. The highest BCUT2D eigenvalue weighted by molar-refractivity contribution is 5.34. The standard InChI is InChI=1S/C14H15F3N4/c1-18-6-10-7-20-21(13(10)9-2-3-9)12-5-4-11(8-19-12)14(15,16)17/h4-5,7-9,18H,2-3,6H2,1H3. The summed E-state index contributed by atoms with van der Waals surface area (Å²) < 4.78 is 39.4. The summed E-state index contributed by atoms with van der Waals surface area (Å²) in [4.78, 5) is 3.92. The quantitative estimate of drug-likeness (QED) is 0.943. The monoisotopic (exact) mass is 296 g/mol. The van der Waals surface area contributed by atoms with Gasteiger partial charge in [0.15, 0.2) is 5.82 Å². The second kappa shape index (κ2) is 5.14. The van der Waals surface area contributed by atoms with Crippen LogP contribution >= 0.6 is 0 Å². The highest BCUT2D eigenvalue weighted by atomic mass is 19.4. The van der Waals surface area contributed by atoms with Crippen molar-refractivity contribution >= 4 is 0 Å². The zero-order chi connectivity index (χ0) is 15.0. The molecule has 0 aromatic carbocycles. The predicted octanol–water partition coefficient (Wildman–Crippen LogP) is 2.88. The molecular formula is C14H15F3N4. The van der Waals surface area contributed by atoms with Crippen LogP contribution in [-0.2, 0) is 12.7 Å². The summed E-state index contributed by atoms with van der Waals surface area (Å²) in [5.41, 5.74) is 1.38. The lowest BCUT2D eigenvalue weighted by atomic mass is 10.1. The van der Waals surface area contributed by atoms with Gasteiger partial charge in [-0.25, -0.2) is 9.67 Å². The van der Waals surface area contributed by atoms with Crippen molar-refractivity contribution in [3.63, 3.8) is 0 Å². The molecule has 0 saturated heterocycles. The second-order valence-electron chi connectivity index (χ2n) is 5.17. The summed E-state index contributed by atoms with van der Waals surface area (Å²) in [6, 6.07) is 2.41. The molecule has 1 aliphatic carbocycles. The summed E-state index contributed by atoms with van der Waals surface area (Å²) in [6.45, 7) is 0.687. The molecule has 2 heterocycles. The third-order valence-electron chi connectivity index (χ3n) is 3.51. The maximum atomic E-state index is 12.6. The van der Waals surface area contributed by atoms with Crippen molar-refractivity contribution in [2.24, 2.45) is 0 Å². The van der Waals surface area contributed by atoms with Crippen molar-refractivity contribution in [2.75, 3.05) is 7.05 Å². The van der Waals surface area contributed by atoms with Crippen LogP contribution in [0.4, 0.5) is 13.2 Å². The number of pyridine rings is 1. The first-order valence-corrected chi connectivity index (χ1v) is 6.75. The summed E-state index contributed by atoms with van der Waals surface area (Å²) >= 11 is 0. The van der Waals surface area contributed by atoms with Crippen LogP contribution in [0.1, 0.15) is 35.6 Å². The Hall–Kier alpha value is -1.89. The van der Waals surface area contributed by atoms with Gasteiger partial charge in [0.2, 0.25) is 0 Å². The Bertz CT molecular complexity index is 627. The lowest BCUT2D eigenvalue weighted by Gasteiger charge is -2.10. The van der Waals surface area contributed by atoms with Crippen LogP contribution in [0.3, 0.4) is 0 Å². The lowest BCUT2D eigenvalue weighted by Crippen LogP contribution is -2.10. The minimum Gasteiger partial charge on any atom is -0.316 e. The van der Waals surface area contributed by atoms with E-state index in [1.165, 1.54) is 6.07 Å². The molecule has 0 spiro atoms. The van der Waals surface area contributed by atoms with E-state index in [0.29, 0.717) is 18.3 Å². The van der Waals surface area contributed by atoms with E-state index in [9.17, 15) is 13.2 Å². The molecule has 1 aliphatic rings. The molecular weight excluding hydrogens is 281 g/mol. The van der Waals surface area contributed by atoms with Gasteiger partial charge in [0.1, 0.15) is 0 Å². The van der Waals surface area contributed by atoms with Gasteiger partial charge in [-0.1, -0.05) is 0 Å². The fourth-order valence-corrected chi connectivity index (χ4v) is 2.37. The van der Waals surface area contributed by atoms with Gasteiger partial charge in [-0.2, -0.15) is 18.3 Å². The molecule has 112 valence electrons. The number of hydrogen-bond donors (Lipinski definition) is 1. The molecule has 0 unspecified atom stereocenters.